The van der Waals surface area contributed by atoms with Gasteiger partial charge in [-0.15, -0.1) is 0 Å². The van der Waals surface area contributed by atoms with Crippen LogP contribution < -0.4 is 5.32 Å². The predicted octanol–water partition coefficient (Wildman–Crippen LogP) is 3.28. The highest BCUT2D eigenvalue weighted by Crippen LogP contribution is 2.35. The first-order valence-electron chi connectivity index (χ1n) is 7.69. The maximum Gasteiger partial charge on any atom is 0.00389 e. The van der Waals surface area contributed by atoms with Crippen LogP contribution in [0.1, 0.15) is 59.3 Å². The number of nitrogens with one attached hydrogen (secondary N) is 1. The zero-order valence-corrected chi connectivity index (χ0v) is 12.2. The Labute approximate surface area is 108 Å². The topological polar surface area (TPSA) is 15.3 Å². The molecule has 102 valence electrons. The highest BCUT2D eigenvalue weighted by atomic mass is 15.1. The van der Waals surface area contributed by atoms with Gasteiger partial charge in [0.05, 0.1) is 0 Å². The van der Waals surface area contributed by atoms with E-state index in [0.717, 1.165) is 0 Å². The van der Waals surface area contributed by atoms with Gasteiger partial charge in [-0.25, -0.2) is 0 Å². The van der Waals surface area contributed by atoms with Crippen molar-refractivity contribution in [3.8, 4) is 0 Å². The third-order valence-electron chi connectivity index (χ3n) is 4.08. The quantitative estimate of drug-likeness (QED) is 0.700. The van der Waals surface area contributed by atoms with Crippen LogP contribution in [-0.2, 0) is 0 Å². The molecule has 0 aromatic rings. The molecular weight excluding hydrogens is 208 g/mol. The molecule has 2 heteroatoms. The van der Waals surface area contributed by atoms with Crippen molar-refractivity contribution in [2.75, 3.05) is 32.7 Å². The van der Waals surface area contributed by atoms with Crippen molar-refractivity contribution in [3.05, 3.63) is 0 Å². The minimum absolute atomic E-state index is 0.615. The van der Waals surface area contributed by atoms with Crippen molar-refractivity contribution >= 4 is 0 Å². The maximum atomic E-state index is 3.52. The van der Waals surface area contributed by atoms with Gasteiger partial charge in [0, 0.05) is 6.54 Å². The molecule has 0 unspecified atom stereocenters. The van der Waals surface area contributed by atoms with Crippen molar-refractivity contribution in [2.45, 2.75) is 59.3 Å². The largest absolute Gasteiger partial charge is 0.317 e. The molecule has 0 saturated carbocycles. The third-order valence-corrected chi connectivity index (χ3v) is 4.08. The monoisotopic (exact) mass is 240 g/mol. The Balaban J connectivity index is 2.55. The fourth-order valence-electron chi connectivity index (χ4n) is 3.35. The minimum Gasteiger partial charge on any atom is -0.317 e. The molecule has 0 atom stereocenters. The van der Waals surface area contributed by atoms with Crippen LogP contribution in [0.4, 0.5) is 0 Å². The molecular formula is C15H32N2. The van der Waals surface area contributed by atoms with E-state index in [-0.39, 0.29) is 0 Å². The van der Waals surface area contributed by atoms with E-state index in [1.165, 1.54) is 71.2 Å². The van der Waals surface area contributed by atoms with Crippen LogP contribution in [0, 0.1) is 5.41 Å². The zero-order chi connectivity index (χ0) is 12.6. The zero-order valence-electron chi connectivity index (χ0n) is 12.2. The van der Waals surface area contributed by atoms with Gasteiger partial charge in [-0.1, -0.05) is 27.2 Å². The average Bonchev–Trinajstić information content (AvgIpc) is 2.31. The summed E-state index contributed by atoms with van der Waals surface area (Å²) in [4.78, 5) is 2.71. The van der Waals surface area contributed by atoms with E-state index in [4.69, 9.17) is 0 Å². The van der Waals surface area contributed by atoms with Crippen LogP contribution in [0.5, 0.6) is 0 Å². The second-order valence-electron chi connectivity index (χ2n) is 5.78. The van der Waals surface area contributed by atoms with Gasteiger partial charge in [0.15, 0.2) is 0 Å². The highest BCUT2D eigenvalue weighted by Gasteiger charge is 2.32. The van der Waals surface area contributed by atoms with Gasteiger partial charge in [-0.2, -0.15) is 0 Å². The summed E-state index contributed by atoms with van der Waals surface area (Å²) in [6.07, 6.45) is 8.10. The van der Waals surface area contributed by atoms with Crippen LogP contribution in [0.25, 0.3) is 0 Å². The molecule has 1 aliphatic heterocycles. The molecule has 2 nitrogen and oxygen atoms in total. The molecule has 1 rings (SSSR count). The molecule has 0 aromatic carbocycles. The number of piperidine rings is 1. The second-order valence-corrected chi connectivity index (χ2v) is 5.78. The summed E-state index contributed by atoms with van der Waals surface area (Å²) >= 11 is 0. The van der Waals surface area contributed by atoms with Gasteiger partial charge >= 0.3 is 0 Å². The lowest BCUT2D eigenvalue weighted by Gasteiger charge is -2.41. The van der Waals surface area contributed by atoms with Crippen molar-refractivity contribution < 1.29 is 0 Å². The van der Waals surface area contributed by atoms with Gasteiger partial charge in [-0.3, -0.25) is 0 Å². The van der Waals surface area contributed by atoms with Crippen molar-refractivity contribution in [1.29, 1.82) is 0 Å². The average molecular weight is 240 g/mol. The molecule has 0 amide bonds. The first kappa shape index (κ1) is 15.0. The summed E-state index contributed by atoms with van der Waals surface area (Å²) in [5.41, 5.74) is 0.615. The van der Waals surface area contributed by atoms with E-state index in [0.29, 0.717) is 5.41 Å². The lowest BCUT2D eigenvalue weighted by atomic mass is 9.75. The van der Waals surface area contributed by atoms with E-state index in [2.05, 4.69) is 31.0 Å². The SMILES string of the molecule is CCCN(CCC)CC1(CCC)CCNCC1. The normalized spacial score (nSPS) is 19.8. The van der Waals surface area contributed by atoms with E-state index >= 15 is 0 Å². The van der Waals surface area contributed by atoms with E-state index in [1.54, 1.807) is 0 Å². The Kier molecular flexibility index (Phi) is 7.14. The Morgan fingerprint density at radius 2 is 1.53 bits per heavy atom. The van der Waals surface area contributed by atoms with Crippen LogP contribution in [0.2, 0.25) is 0 Å². The first-order chi connectivity index (χ1) is 8.26. The summed E-state index contributed by atoms with van der Waals surface area (Å²) in [5, 5.41) is 3.52. The van der Waals surface area contributed by atoms with E-state index in [1.807, 2.05) is 0 Å². The molecule has 1 heterocycles. The van der Waals surface area contributed by atoms with Gasteiger partial charge in [0.1, 0.15) is 0 Å². The van der Waals surface area contributed by atoms with Crippen molar-refractivity contribution in [1.82, 2.24) is 10.2 Å². The smallest absolute Gasteiger partial charge is 0.00389 e. The summed E-state index contributed by atoms with van der Waals surface area (Å²) in [7, 11) is 0. The van der Waals surface area contributed by atoms with Crippen LogP contribution in [0.3, 0.4) is 0 Å². The molecule has 0 aliphatic carbocycles. The predicted molar refractivity (Wildman–Crippen MR) is 76.5 cm³/mol. The Hall–Kier alpha value is -0.0800. The van der Waals surface area contributed by atoms with Crippen LogP contribution in [0.15, 0.2) is 0 Å². The maximum absolute atomic E-state index is 3.52. The van der Waals surface area contributed by atoms with Gasteiger partial charge in [-0.05, 0) is 63.7 Å². The van der Waals surface area contributed by atoms with E-state index in [9.17, 15) is 0 Å². The highest BCUT2D eigenvalue weighted by molar-refractivity contribution is 4.87. The summed E-state index contributed by atoms with van der Waals surface area (Å²) in [5.74, 6) is 0. The molecule has 0 bridgehead atoms. The molecule has 0 spiro atoms. The van der Waals surface area contributed by atoms with Gasteiger partial charge < -0.3 is 10.2 Å². The molecule has 1 fully saturated rings. The lowest BCUT2D eigenvalue weighted by Crippen LogP contribution is -2.45. The Morgan fingerprint density at radius 3 is 2.00 bits per heavy atom. The van der Waals surface area contributed by atoms with Crippen molar-refractivity contribution in [3.63, 3.8) is 0 Å². The third kappa shape index (κ3) is 4.97. The fourth-order valence-corrected chi connectivity index (χ4v) is 3.35. The Bertz CT molecular complexity index is 174. The summed E-state index contributed by atoms with van der Waals surface area (Å²) < 4.78 is 0. The Morgan fingerprint density at radius 1 is 0.941 bits per heavy atom. The van der Waals surface area contributed by atoms with Gasteiger partial charge in [0.2, 0.25) is 0 Å². The molecule has 17 heavy (non-hydrogen) atoms. The summed E-state index contributed by atoms with van der Waals surface area (Å²) in [6.45, 7) is 13.3. The number of rotatable bonds is 8. The van der Waals surface area contributed by atoms with Crippen molar-refractivity contribution in [2.24, 2.45) is 5.41 Å². The number of hydrogen-bond acceptors (Lipinski definition) is 2. The lowest BCUT2D eigenvalue weighted by molar-refractivity contribution is 0.100. The number of hydrogen-bond donors (Lipinski definition) is 1. The minimum atomic E-state index is 0.615. The second kappa shape index (κ2) is 8.10. The molecule has 1 N–H and O–H groups in total. The summed E-state index contributed by atoms with van der Waals surface area (Å²) in [6, 6.07) is 0. The first-order valence-corrected chi connectivity index (χ1v) is 7.69. The molecule has 0 aromatic heterocycles. The van der Waals surface area contributed by atoms with Crippen LogP contribution in [-0.4, -0.2) is 37.6 Å². The standard InChI is InChI=1S/C15H32N2/c1-4-7-15(8-10-16-11-9-15)14-17(12-5-2)13-6-3/h16H,4-14H2,1-3H3. The molecule has 1 saturated heterocycles. The molecule has 0 radical (unpaired) electrons. The van der Waals surface area contributed by atoms with Crippen LogP contribution >= 0.6 is 0 Å². The number of nitrogens with zero attached hydrogens (tertiary/aromatic N) is 1. The molecule has 1 aliphatic rings. The fraction of sp³-hybridized carbons (Fsp3) is 1.00. The van der Waals surface area contributed by atoms with Gasteiger partial charge in [0.25, 0.3) is 0 Å². The van der Waals surface area contributed by atoms with E-state index < -0.39 is 0 Å².